The van der Waals surface area contributed by atoms with E-state index < -0.39 is 12.0 Å². The first-order valence-corrected chi connectivity index (χ1v) is 7.50. The molecule has 1 aliphatic heterocycles. The van der Waals surface area contributed by atoms with E-state index in [1.165, 1.54) is 16.7 Å². The Morgan fingerprint density at radius 1 is 1.40 bits per heavy atom. The van der Waals surface area contributed by atoms with Crippen LogP contribution in [0.3, 0.4) is 0 Å². The molecule has 1 atom stereocenters. The van der Waals surface area contributed by atoms with Crippen LogP contribution in [0.15, 0.2) is 24.3 Å². The summed E-state index contributed by atoms with van der Waals surface area (Å²) >= 11 is 1.48. The molecule has 1 saturated heterocycles. The summed E-state index contributed by atoms with van der Waals surface area (Å²) in [6.07, 6.45) is 0.938. The van der Waals surface area contributed by atoms with Gasteiger partial charge in [-0.05, 0) is 24.1 Å². The van der Waals surface area contributed by atoms with Crippen molar-refractivity contribution in [1.82, 2.24) is 4.90 Å². The van der Waals surface area contributed by atoms with Crippen molar-refractivity contribution in [3.05, 3.63) is 29.8 Å². The zero-order valence-electron chi connectivity index (χ0n) is 11.2. The minimum atomic E-state index is -0.923. The first kappa shape index (κ1) is 14.7. The Morgan fingerprint density at radius 2 is 2.10 bits per heavy atom. The van der Waals surface area contributed by atoms with Crippen molar-refractivity contribution in [2.24, 2.45) is 0 Å². The lowest BCUT2D eigenvalue weighted by Gasteiger charge is -2.20. The summed E-state index contributed by atoms with van der Waals surface area (Å²) in [4.78, 5) is 24.6. The molecular formula is C14H17NO4S. The summed E-state index contributed by atoms with van der Waals surface area (Å²) in [6.45, 7) is 0. The lowest BCUT2D eigenvalue weighted by atomic mass is 10.1. The minimum absolute atomic E-state index is 0.0989. The number of nitrogens with zero attached hydrogens (tertiary/aromatic N) is 1. The van der Waals surface area contributed by atoms with Crippen LogP contribution in [0.4, 0.5) is 0 Å². The normalized spacial score (nSPS) is 18.1. The fourth-order valence-corrected chi connectivity index (χ4v) is 3.25. The number of rotatable bonds is 5. The van der Waals surface area contributed by atoms with Crippen molar-refractivity contribution in [1.29, 1.82) is 0 Å². The van der Waals surface area contributed by atoms with Crippen LogP contribution in [0.2, 0.25) is 0 Å². The molecule has 1 aromatic rings. The van der Waals surface area contributed by atoms with Gasteiger partial charge in [0.1, 0.15) is 11.8 Å². The maximum Gasteiger partial charge on any atom is 0.327 e. The van der Waals surface area contributed by atoms with E-state index in [2.05, 4.69) is 0 Å². The Bertz CT molecular complexity index is 488. The lowest BCUT2D eigenvalue weighted by Crippen LogP contribution is -2.41. The largest absolute Gasteiger partial charge is 0.497 e. The summed E-state index contributed by atoms with van der Waals surface area (Å²) in [5.74, 6) is 0.704. The summed E-state index contributed by atoms with van der Waals surface area (Å²) in [5.41, 5.74) is 1.04. The molecule has 1 heterocycles. The van der Waals surface area contributed by atoms with E-state index >= 15 is 0 Å². The van der Waals surface area contributed by atoms with E-state index in [4.69, 9.17) is 9.84 Å². The van der Waals surface area contributed by atoms with E-state index in [1.54, 1.807) is 7.11 Å². The second kappa shape index (κ2) is 6.65. The zero-order chi connectivity index (χ0) is 14.5. The molecule has 1 amide bonds. The molecule has 0 bridgehead atoms. The average molecular weight is 295 g/mol. The van der Waals surface area contributed by atoms with Gasteiger partial charge < -0.3 is 14.7 Å². The first-order valence-electron chi connectivity index (χ1n) is 6.35. The number of aryl methyl sites for hydroxylation is 1. The van der Waals surface area contributed by atoms with Crippen molar-refractivity contribution < 1.29 is 19.4 Å². The second-order valence-corrected chi connectivity index (χ2v) is 5.57. The molecule has 6 heteroatoms. The third-order valence-corrected chi connectivity index (χ3v) is 4.29. The number of hydrogen-bond donors (Lipinski definition) is 1. The van der Waals surface area contributed by atoms with Crippen molar-refractivity contribution in [2.75, 3.05) is 18.7 Å². The number of thioether (sulfide) groups is 1. The summed E-state index contributed by atoms with van der Waals surface area (Å²) < 4.78 is 5.07. The van der Waals surface area contributed by atoms with Crippen LogP contribution in [0.5, 0.6) is 5.75 Å². The molecule has 0 aliphatic carbocycles. The number of carboxylic acid groups (broad SMARTS) is 1. The van der Waals surface area contributed by atoms with Crippen molar-refractivity contribution >= 4 is 23.6 Å². The molecule has 1 aromatic carbocycles. The standard InChI is InChI=1S/C14H17NO4S/c1-19-11-5-2-10(3-6-11)4-7-13(16)15-9-20-8-12(15)14(17)18/h2-3,5-6,12H,4,7-9H2,1H3,(H,17,18)/t12-/m0/s1. The molecule has 1 N–H and O–H groups in total. The summed E-state index contributed by atoms with van der Waals surface area (Å²) in [5, 5.41) is 9.05. The van der Waals surface area contributed by atoms with Crippen LogP contribution < -0.4 is 4.74 Å². The monoisotopic (exact) mass is 295 g/mol. The van der Waals surface area contributed by atoms with E-state index in [-0.39, 0.29) is 5.91 Å². The summed E-state index contributed by atoms with van der Waals surface area (Å²) in [7, 11) is 1.61. The van der Waals surface area contributed by atoms with Crippen molar-refractivity contribution in [3.8, 4) is 5.75 Å². The molecular weight excluding hydrogens is 278 g/mol. The molecule has 0 aromatic heterocycles. The van der Waals surface area contributed by atoms with Gasteiger partial charge in [0, 0.05) is 12.2 Å². The van der Waals surface area contributed by atoms with E-state index in [0.717, 1.165) is 11.3 Å². The van der Waals surface area contributed by atoms with Crippen LogP contribution in [0.1, 0.15) is 12.0 Å². The SMILES string of the molecule is COc1ccc(CCC(=O)N2CSC[C@H]2C(=O)O)cc1. The second-order valence-electron chi connectivity index (χ2n) is 4.57. The number of hydrogen-bond acceptors (Lipinski definition) is 4. The van der Waals surface area contributed by atoms with Gasteiger partial charge >= 0.3 is 5.97 Å². The molecule has 0 radical (unpaired) electrons. The third kappa shape index (κ3) is 3.45. The first-order chi connectivity index (χ1) is 9.61. The lowest BCUT2D eigenvalue weighted by molar-refractivity contribution is -0.147. The number of methoxy groups -OCH3 is 1. The Kier molecular flexibility index (Phi) is 4.89. The molecule has 1 fully saturated rings. The maximum atomic E-state index is 12.1. The zero-order valence-corrected chi connectivity index (χ0v) is 12.1. The van der Waals surface area contributed by atoms with Crippen LogP contribution >= 0.6 is 11.8 Å². The average Bonchev–Trinajstić information content (AvgIpc) is 2.95. The Morgan fingerprint density at radius 3 is 2.70 bits per heavy atom. The number of aliphatic carboxylic acids is 1. The minimum Gasteiger partial charge on any atom is -0.497 e. The highest BCUT2D eigenvalue weighted by Gasteiger charge is 2.33. The number of carboxylic acids is 1. The number of carbonyl (C=O) groups is 2. The molecule has 0 spiro atoms. The fourth-order valence-electron chi connectivity index (χ4n) is 2.08. The van der Waals surface area contributed by atoms with Crippen LogP contribution in [0.25, 0.3) is 0 Å². The van der Waals surface area contributed by atoms with Crippen LogP contribution in [-0.2, 0) is 16.0 Å². The molecule has 0 saturated carbocycles. The number of amides is 1. The Balaban J connectivity index is 1.89. The van der Waals surface area contributed by atoms with Gasteiger partial charge in [-0.3, -0.25) is 4.79 Å². The van der Waals surface area contributed by atoms with Gasteiger partial charge in [-0.2, -0.15) is 0 Å². The van der Waals surface area contributed by atoms with Gasteiger partial charge in [0.15, 0.2) is 0 Å². The van der Waals surface area contributed by atoms with Gasteiger partial charge in [-0.15, -0.1) is 11.8 Å². The Hall–Kier alpha value is -1.69. The quantitative estimate of drug-likeness (QED) is 0.894. The Labute approximate surface area is 121 Å². The van der Waals surface area contributed by atoms with E-state index in [0.29, 0.717) is 24.5 Å². The van der Waals surface area contributed by atoms with Gasteiger partial charge in [-0.1, -0.05) is 12.1 Å². The van der Waals surface area contributed by atoms with E-state index in [1.807, 2.05) is 24.3 Å². The summed E-state index contributed by atoms with van der Waals surface area (Å²) in [6, 6.07) is 6.86. The predicted octanol–water partition coefficient (Wildman–Crippen LogP) is 1.61. The maximum absolute atomic E-state index is 12.1. The highest BCUT2D eigenvalue weighted by atomic mass is 32.2. The topological polar surface area (TPSA) is 66.8 Å². The predicted molar refractivity (Wildman–Crippen MR) is 76.9 cm³/mol. The van der Waals surface area contributed by atoms with Gasteiger partial charge in [-0.25, -0.2) is 4.79 Å². The molecule has 1 aliphatic rings. The smallest absolute Gasteiger partial charge is 0.327 e. The molecule has 0 unspecified atom stereocenters. The number of benzene rings is 1. The third-order valence-electron chi connectivity index (χ3n) is 3.27. The highest BCUT2D eigenvalue weighted by Crippen LogP contribution is 2.22. The highest BCUT2D eigenvalue weighted by molar-refractivity contribution is 7.99. The van der Waals surface area contributed by atoms with Gasteiger partial charge in [0.05, 0.1) is 13.0 Å². The van der Waals surface area contributed by atoms with Crippen molar-refractivity contribution in [3.63, 3.8) is 0 Å². The molecule has 2 rings (SSSR count). The van der Waals surface area contributed by atoms with Gasteiger partial charge in [0.25, 0.3) is 0 Å². The van der Waals surface area contributed by atoms with Crippen LogP contribution in [0, 0.1) is 0 Å². The van der Waals surface area contributed by atoms with Crippen molar-refractivity contribution in [2.45, 2.75) is 18.9 Å². The molecule has 20 heavy (non-hydrogen) atoms. The molecule has 5 nitrogen and oxygen atoms in total. The van der Waals surface area contributed by atoms with Crippen LogP contribution in [-0.4, -0.2) is 46.7 Å². The van der Waals surface area contributed by atoms with E-state index in [9.17, 15) is 9.59 Å². The number of ether oxygens (including phenoxy) is 1. The fraction of sp³-hybridized carbons (Fsp3) is 0.429. The molecule has 108 valence electrons. The number of carbonyl (C=O) groups excluding carboxylic acids is 1. The van der Waals surface area contributed by atoms with Gasteiger partial charge in [0.2, 0.25) is 5.91 Å².